The van der Waals surface area contributed by atoms with Crippen LogP contribution in [0.2, 0.25) is 10.0 Å². The number of carboxylic acids is 1. The lowest BCUT2D eigenvalue weighted by molar-refractivity contribution is -0.147. The van der Waals surface area contributed by atoms with Crippen molar-refractivity contribution in [2.24, 2.45) is 0 Å². The Bertz CT molecular complexity index is 919. The van der Waals surface area contributed by atoms with Gasteiger partial charge in [0.15, 0.2) is 11.5 Å². The highest BCUT2D eigenvalue weighted by Crippen LogP contribution is 2.33. The molecule has 0 aliphatic carbocycles. The number of anilines is 1. The number of hydrogen-bond donors (Lipinski definition) is 4. The first kappa shape index (κ1) is 23.3. The summed E-state index contributed by atoms with van der Waals surface area (Å²) in [7, 11) is 0. The molecule has 0 spiro atoms. The van der Waals surface area contributed by atoms with Crippen molar-refractivity contribution >= 4 is 34.9 Å². The third-order valence-corrected chi connectivity index (χ3v) is 5.31. The van der Waals surface area contributed by atoms with Gasteiger partial charge in [-0.3, -0.25) is 0 Å². The molecule has 1 aliphatic heterocycles. The van der Waals surface area contributed by atoms with E-state index >= 15 is 0 Å². The van der Waals surface area contributed by atoms with Crippen LogP contribution in [0.4, 0.5) is 5.69 Å². The van der Waals surface area contributed by atoms with E-state index in [0.29, 0.717) is 40.3 Å². The van der Waals surface area contributed by atoms with Crippen LogP contribution in [0.5, 0.6) is 17.2 Å². The topological polar surface area (TPSA) is 123 Å². The molecule has 3 atom stereocenters. The van der Waals surface area contributed by atoms with Crippen molar-refractivity contribution in [3.05, 3.63) is 45.9 Å². The molecule has 0 fully saturated rings. The molecule has 0 aromatic heterocycles. The van der Waals surface area contributed by atoms with Crippen LogP contribution in [0.25, 0.3) is 0 Å². The van der Waals surface area contributed by atoms with E-state index in [-0.39, 0.29) is 24.9 Å². The van der Waals surface area contributed by atoms with Crippen LogP contribution >= 0.6 is 23.2 Å². The van der Waals surface area contributed by atoms with Gasteiger partial charge in [-0.05, 0) is 31.0 Å². The number of carboxylic acid groups (broad SMARTS) is 1. The number of aliphatic hydroxyl groups is 1. The molecular formula is C21H24Cl2N2O6. The van der Waals surface area contributed by atoms with Gasteiger partial charge in [0.25, 0.3) is 0 Å². The fraction of sp³-hybridized carbons (Fsp3) is 0.381. The molecule has 168 valence electrons. The summed E-state index contributed by atoms with van der Waals surface area (Å²) in [5, 5.41) is 23.0. The average Bonchev–Trinajstić information content (AvgIpc) is 2.74. The molecule has 2 aromatic carbocycles. The number of nitrogen functional groups attached to an aromatic ring is 1. The zero-order valence-corrected chi connectivity index (χ0v) is 18.3. The Kier molecular flexibility index (Phi) is 7.72. The van der Waals surface area contributed by atoms with E-state index in [9.17, 15) is 9.90 Å². The molecule has 31 heavy (non-hydrogen) atoms. The predicted molar refractivity (Wildman–Crippen MR) is 118 cm³/mol. The number of fused-ring (bicyclic) bond motifs is 1. The Balaban J connectivity index is 1.45. The highest BCUT2D eigenvalue weighted by Gasteiger charge is 2.27. The molecule has 0 amide bonds. The van der Waals surface area contributed by atoms with Gasteiger partial charge < -0.3 is 35.5 Å². The second-order valence-corrected chi connectivity index (χ2v) is 8.13. The van der Waals surface area contributed by atoms with Crippen LogP contribution in [-0.4, -0.2) is 54.2 Å². The van der Waals surface area contributed by atoms with Crippen molar-refractivity contribution in [2.45, 2.75) is 31.6 Å². The van der Waals surface area contributed by atoms with E-state index in [1.807, 2.05) is 19.1 Å². The number of nitrogens with one attached hydrogen (secondary N) is 1. The quantitative estimate of drug-likeness (QED) is 0.412. The number of ether oxygens (including phenoxy) is 3. The summed E-state index contributed by atoms with van der Waals surface area (Å²) in [5.74, 6) is 0.310. The number of carbonyl (C=O) groups is 1. The van der Waals surface area contributed by atoms with Crippen molar-refractivity contribution in [3.8, 4) is 17.2 Å². The molecule has 5 N–H and O–H groups in total. The predicted octanol–water partition coefficient (Wildman–Crippen LogP) is 2.76. The van der Waals surface area contributed by atoms with Crippen LogP contribution in [0.1, 0.15) is 12.5 Å². The minimum atomic E-state index is -1.06. The summed E-state index contributed by atoms with van der Waals surface area (Å²) < 4.78 is 16.4. The third-order valence-electron chi connectivity index (χ3n) is 4.68. The first-order valence-corrected chi connectivity index (χ1v) is 10.4. The zero-order valence-electron chi connectivity index (χ0n) is 16.8. The minimum absolute atomic E-state index is 0.0315. The first-order chi connectivity index (χ1) is 14.7. The molecule has 1 heterocycles. The molecule has 0 radical (unpaired) electrons. The van der Waals surface area contributed by atoms with Gasteiger partial charge in [-0.15, -0.1) is 0 Å². The lowest BCUT2D eigenvalue weighted by Gasteiger charge is -2.24. The highest BCUT2D eigenvalue weighted by molar-refractivity contribution is 6.39. The number of aliphatic hydroxyl groups excluding tert-OH is 1. The monoisotopic (exact) mass is 470 g/mol. The average molecular weight is 471 g/mol. The Labute approximate surface area is 189 Å². The number of nitrogens with two attached hydrogens (primary N) is 1. The molecule has 8 nitrogen and oxygen atoms in total. The summed E-state index contributed by atoms with van der Waals surface area (Å²) in [5.41, 5.74) is 6.97. The molecule has 0 saturated carbocycles. The number of rotatable bonds is 9. The lowest BCUT2D eigenvalue weighted by atomic mass is 10.1. The fourth-order valence-electron chi connectivity index (χ4n) is 3.02. The van der Waals surface area contributed by atoms with Crippen molar-refractivity contribution in [1.29, 1.82) is 0 Å². The largest absolute Gasteiger partial charge is 0.491 e. The number of hydrogen-bond acceptors (Lipinski definition) is 7. The summed E-state index contributed by atoms with van der Waals surface area (Å²) in [6.45, 7) is 2.34. The van der Waals surface area contributed by atoms with E-state index in [4.69, 9.17) is 48.3 Å². The van der Waals surface area contributed by atoms with Gasteiger partial charge in [0.1, 0.15) is 25.1 Å². The van der Waals surface area contributed by atoms with Crippen LogP contribution in [-0.2, 0) is 11.2 Å². The van der Waals surface area contributed by atoms with E-state index in [1.165, 1.54) is 0 Å². The maximum absolute atomic E-state index is 11.0. The Morgan fingerprint density at radius 3 is 2.68 bits per heavy atom. The maximum atomic E-state index is 11.0. The number of aliphatic carboxylic acids is 1. The second kappa shape index (κ2) is 10.3. The molecular weight excluding hydrogens is 447 g/mol. The van der Waals surface area contributed by atoms with Crippen LogP contribution in [0.3, 0.4) is 0 Å². The molecule has 2 aromatic rings. The number of halogens is 2. The summed E-state index contributed by atoms with van der Waals surface area (Å²) >= 11 is 11.9. The van der Waals surface area contributed by atoms with E-state index in [0.717, 1.165) is 5.56 Å². The molecule has 0 bridgehead atoms. The zero-order chi connectivity index (χ0) is 22.5. The molecule has 1 unspecified atom stereocenters. The first-order valence-electron chi connectivity index (χ1n) is 9.67. The molecule has 10 heteroatoms. The van der Waals surface area contributed by atoms with Gasteiger partial charge in [-0.1, -0.05) is 29.3 Å². The highest BCUT2D eigenvalue weighted by atomic mass is 35.5. The van der Waals surface area contributed by atoms with E-state index in [2.05, 4.69) is 5.32 Å². The Morgan fingerprint density at radius 2 is 2.00 bits per heavy atom. The third kappa shape index (κ3) is 6.30. The standard InChI is InChI=1S/C21H24Cl2N2O6/c1-11(4-12-2-3-17-18(5-12)30-10-19(31-17)21(27)28)25-8-13(26)9-29-14-6-15(22)20(24)16(23)7-14/h2-3,5-7,11,13,19,25-26H,4,8-10,24H2,1H3,(H,27,28)/t11-,13+,19?/m1/s1. The van der Waals surface area contributed by atoms with E-state index in [1.54, 1.807) is 18.2 Å². The molecule has 1 aliphatic rings. The lowest BCUT2D eigenvalue weighted by Crippen LogP contribution is -2.37. The Hall–Kier alpha value is -2.39. The van der Waals surface area contributed by atoms with Gasteiger partial charge in [-0.25, -0.2) is 4.79 Å². The van der Waals surface area contributed by atoms with Crippen LogP contribution in [0, 0.1) is 0 Å². The van der Waals surface area contributed by atoms with Gasteiger partial charge >= 0.3 is 5.97 Å². The molecule has 0 saturated heterocycles. The molecule has 3 rings (SSSR count). The summed E-state index contributed by atoms with van der Waals surface area (Å²) in [6.07, 6.45) is -1.07. The summed E-state index contributed by atoms with van der Waals surface area (Å²) in [6, 6.07) is 8.55. The maximum Gasteiger partial charge on any atom is 0.348 e. The van der Waals surface area contributed by atoms with Gasteiger partial charge in [0, 0.05) is 24.7 Å². The summed E-state index contributed by atoms with van der Waals surface area (Å²) in [4.78, 5) is 11.0. The van der Waals surface area contributed by atoms with Crippen LogP contribution < -0.4 is 25.3 Å². The van der Waals surface area contributed by atoms with Crippen molar-refractivity contribution < 1.29 is 29.2 Å². The van der Waals surface area contributed by atoms with E-state index < -0.39 is 18.2 Å². The fourth-order valence-corrected chi connectivity index (χ4v) is 3.49. The van der Waals surface area contributed by atoms with Gasteiger partial charge in [0.05, 0.1) is 15.7 Å². The van der Waals surface area contributed by atoms with Crippen molar-refractivity contribution in [2.75, 3.05) is 25.5 Å². The minimum Gasteiger partial charge on any atom is -0.491 e. The second-order valence-electron chi connectivity index (χ2n) is 7.32. The smallest absolute Gasteiger partial charge is 0.348 e. The SMILES string of the molecule is C[C@H](Cc1ccc2c(c1)OCC(C(=O)O)O2)NC[C@H](O)COc1cc(Cl)c(N)c(Cl)c1. The Morgan fingerprint density at radius 1 is 1.29 bits per heavy atom. The number of benzene rings is 2. The van der Waals surface area contributed by atoms with Gasteiger partial charge in [-0.2, -0.15) is 0 Å². The van der Waals surface area contributed by atoms with Crippen molar-refractivity contribution in [3.63, 3.8) is 0 Å². The normalized spacial score (nSPS) is 17.1. The van der Waals surface area contributed by atoms with Crippen molar-refractivity contribution in [1.82, 2.24) is 5.32 Å². The van der Waals surface area contributed by atoms with Crippen LogP contribution in [0.15, 0.2) is 30.3 Å². The van der Waals surface area contributed by atoms with Gasteiger partial charge in [0.2, 0.25) is 6.10 Å².